The molecule has 2 aromatic carbocycles. The molecule has 0 saturated carbocycles. The Balaban J connectivity index is 2.08. The molecule has 120 valence electrons. The van der Waals surface area contributed by atoms with Gasteiger partial charge >= 0.3 is 0 Å². The summed E-state index contributed by atoms with van der Waals surface area (Å²) in [5.41, 5.74) is 6.88. The number of primary amides is 1. The first-order valence-corrected chi connectivity index (χ1v) is 8.47. The van der Waals surface area contributed by atoms with Gasteiger partial charge in [-0.25, -0.2) is 12.8 Å². The number of halogens is 1. The monoisotopic (exact) mass is 334 g/mol. The first-order valence-electron chi connectivity index (χ1n) is 7.03. The van der Waals surface area contributed by atoms with Crippen LogP contribution < -0.4 is 10.0 Å². The number of benzene rings is 2. The van der Waals surface area contributed by atoms with Gasteiger partial charge in [0.15, 0.2) is 0 Å². The van der Waals surface area contributed by atoms with Gasteiger partial charge in [0.2, 0.25) is 5.91 Å². The molecule has 0 spiro atoms. The lowest BCUT2D eigenvalue weighted by Crippen LogP contribution is -2.35. The second kappa shape index (κ2) is 5.34. The summed E-state index contributed by atoms with van der Waals surface area (Å²) >= 11 is 0. The molecule has 0 aromatic heterocycles. The van der Waals surface area contributed by atoms with Gasteiger partial charge in [-0.1, -0.05) is 0 Å². The summed E-state index contributed by atoms with van der Waals surface area (Å²) in [6.45, 7) is 1.78. The van der Waals surface area contributed by atoms with E-state index in [2.05, 4.69) is 0 Å². The van der Waals surface area contributed by atoms with E-state index in [1.807, 2.05) is 0 Å². The van der Waals surface area contributed by atoms with Gasteiger partial charge in [0.1, 0.15) is 5.82 Å². The van der Waals surface area contributed by atoms with E-state index in [0.717, 1.165) is 17.7 Å². The maximum absolute atomic E-state index is 13.0. The third-order valence-electron chi connectivity index (χ3n) is 3.89. The van der Waals surface area contributed by atoms with Gasteiger partial charge < -0.3 is 5.73 Å². The zero-order valence-corrected chi connectivity index (χ0v) is 13.2. The van der Waals surface area contributed by atoms with Crippen LogP contribution in [0.1, 0.15) is 22.8 Å². The number of anilines is 1. The highest BCUT2D eigenvalue weighted by molar-refractivity contribution is 7.92. The van der Waals surface area contributed by atoms with E-state index in [1.165, 1.54) is 22.5 Å². The molecule has 1 amide bonds. The molecule has 7 heteroatoms. The van der Waals surface area contributed by atoms with Gasteiger partial charge in [-0.3, -0.25) is 9.10 Å². The topological polar surface area (TPSA) is 80.5 Å². The number of carbonyl (C=O) groups is 1. The molecule has 0 unspecified atom stereocenters. The number of sulfonamides is 1. The summed E-state index contributed by atoms with van der Waals surface area (Å²) in [6, 6.07) is 9.12. The smallest absolute Gasteiger partial charge is 0.264 e. The van der Waals surface area contributed by atoms with Gasteiger partial charge in [-0.05, 0) is 61.4 Å². The third kappa shape index (κ3) is 2.57. The van der Waals surface area contributed by atoms with Crippen LogP contribution in [0.25, 0.3) is 0 Å². The van der Waals surface area contributed by atoms with Crippen LogP contribution in [0.3, 0.4) is 0 Å². The average Bonchev–Trinajstić information content (AvgIpc) is 2.83. The van der Waals surface area contributed by atoms with E-state index < -0.39 is 21.7 Å². The van der Waals surface area contributed by atoms with Crippen molar-refractivity contribution in [3.8, 4) is 0 Å². The quantitative estimate of drug-likeness (QED) is 0.933. The second-order valence-corrected chi connectivity index (χ2v) is 7.33. The zero-order chi connectivity index (χ0) is 16.8. The summed E-state index contributed by atoms with van der Waals surface area (Å²) in [5.74, 6) is -1.05. The van der Waals surface area contributed by atoms with Gasteiger partial charge in [-0.2, -0.15) is 0 Å². The molecule has 0 fully saturated rings. The molecule has 3 rings (SSSR count). The predicted molar refractivity (Wildman–Crippen MR) is 84.2 cm³/mol. The minimum absolute atomic E-state index is 0.0255. The van der Waals surface area contributed by atoms with Crippen molar-refractivity contribution in [1.29, 1.82) is 0 Å². The first kappa shape index (κ1) is 15.5. The highest BCUT2D eigenvalue weighted by Gasteiger charge is 2.36. The molecule has 1 aliphatic rings. The minimum Gasteiger partial charge on any atom is -0.366 e. The van der Waals surface area contributed by atoms with Crippen LogP contribution in [0.4, 0.5) is 10.1 Å². The number of nitrogens with zero attached hydrogens (tertiary/aromatic N) is 1. The fraction of sp³-hybridized carbons (Fsp3) is 0.188. The van der Waals surface area contributed by atoms with Crippen molar-refractivity contribution in [1.82, 2.24) is 0 Å². The number of carbonyl (C=O) groups excluding carboxylic acids is 1. The van der Waals surface area contributed by atoms with Crippen molar-refractivity contribution >= 4 is 21.6 Å². The van der Waals surface area contributed by atoms with Crippen molar-refractivity contribution in [3.05, 3.63) is 59.4 Å². The number of amides is 1. The minimum atomic E-state index is -3.80. The third-order valence-corrected chi connectivity index (χ3v) is 5.83. The Morgan fingerprint density at radius 1 is 1.22 bits per heavy atom. The summed E-state index contributed by atoms with van der Waals surface area (Å²) in [6.07, 6.45) is 0.483. The molecule has 1 heterocycles. The Labute approximate surface area is 133 Å². The molecule has 23 heavy (non-hydrogen) atoms. The molecular formula is C16H15FN2O3S. The van der Waals surface area contributed by atoms with Gasteiger partial charge in [0.05, 0.1) is 10.6 Å². The molecular weight excluding hydrogens is 319 g/mol. The van der Waals surface area contributed by atoms with E-state index in [9.17, 15) is 17.6 Å². The highest BCUT2D eigenvalue weighted by atomic mass is 32.2. The summed E-state index contributed by atoms with van der Waals surface area (Å²) < 4.78 is 40.0. The van der Waals surface area contributed by atoms with E-state index in [0.29, 0.717) is 17.7 Å². The fourth-order valence-corrected chi connectivity index (χ4v) is 4.53. The molecule has 0 saturated heterocycles. The van der Waals surface area contributed by atoms with Gasteiger partial charge in [0, 0.05) is 11.6 Å². The summed E-state index contributed by atoms with van der Waals surface area (Å²) in [5, 5.41) is 0. The average molecular weight is 334 g/mol. The molecule has 1 atom stereocenters. The Hall–Kier alpha value is -2.41. The first-order chi connectivity index (χ1) is 10.8. The molecule has 0 bridgehead atoms. The number of hydrogen-bond donors (Lipinski definition) is 1. The second-order valence-electron chi connectivity index (χ2n) is 5.52. The molecule has 0 aliphatic carbocycles. The number of rotatable bonds is 3. The maximum Gasteiger partial charge on any atom is 0.264 e. The van der Waals surface area contributed by atoms with Crippen molar-refractivity contribution in [2.24, 2.45) is 5.73 Å². The van der Waals surface area contributed by atoms with Gasteiger partial charge in [-0.15, -0.1) is 0 Å². The van der Waals surface area contributed by atoms with Crippen molar-refractivity contribution < 1.29 is 17.6 Å². The zero-order valence-electron chi connectivity index (χ0n) is 12.4. The fourth-order valence-electron chi connectivity index (χ4n) is 2.84. The SMILES string of the molecule is C[C@H]1Cc2cc(C(N)=O)ccc2N1S(=O)(=O)c1ccc(F)cc1. The van der Waals surface area contributed by atoms with Crippen LogP contribution >= 0.6 is 0 Å². The van der Waals surface area contributed by atoms with E-state index in [1.54, 1.807) is 19.1 Å². The Morgan fingerprint density at radius 3 is 2.48 bits per heavy atom. The molecule has 0 radical (unpaired) electrons. The van der Waals surface area contributed by atoms with Crippen LogP contribution in [-0.4, -0.2) is 20.4 Å². The number of nitrogens with two attached hydrogens (primary N) is 1. The molecule has 2 N–H and O–H groups in total. The standard InChI is InChI=1S/C16H15FN2O3S/c1-10-8-12-9-11(16(18)20)2-7-15(12)19(10)23(21,22)14-5-3-13(17)4-6-14/h2-7,9-10H,8H2,1H3,(H2,18,20)/t10-/m0/s1. The van der Waals surface area contributed by atoms with Crippen LogP contribution in [0.15, 0.2) is 47.4 Å². The van der Waals surface area contributed by atoms with E-state index >= 15 is 0 Å². The normalized spacial score (nSPS) is 17.1. The molecule has 2 aromatic rings. The van der Waals surface area contributed by atoms with E-state index in [-0.39, 0.29) is 10.9 Å². The Bertz CT molecular complexity index is 879. The molecule has 1 aliphatic heterocycles. The Morgan fingerprint density at radius 2 is 1.87 bits per heavy atom. The summed E-state index contributed by atoms with van der Waals surface area (Å²) in [4.78, 5) is 11.3. The molecule has 5 nitrogen and oxygen atoms in total. The van der Waals surface area contributed by atoms with E-state index in [4.69, 9.17) is 5.73 Å². The lowest BCUT2D eigenvalue weighted by Gasteiger charge is -2.24. The lowest BCUT2D eigenvalue weighted by atomic mass is 10.1. The predicted octanol–water partition coefficient (Wildman–Crippen LogP) is 2.06. The Kier molecular flexibility index (Phi) is 3.60. The number of hydrogen-bond acceptors (Lipinski definition) is 3. The van der Waals surface area contributed by atoms with Gasteiger partial charge in [0.25, 0.3) is 10.0 Å². The van der Waals surface area contributed by atoms with Crippen LogP contribution in [-0.2, 0) is 16.4 Å². The largest absolute Gasteiger partial charge is 0.366 e. The van der Waals surface area contributed by atoms with Crippen molar-refractivity contribution in [2.45, 2.75) is 24.3 Å². The number of fused-ring (bicyclic) bond motifs is 1. The van der Waals surface area contributed by atoms with Crippen LogP contribution in [0.2, 0.25) is 0 Å². The van der Waals surface area contributed by atoms with Crippen LogP contribution in [0, 0.1) is 5.82 Å². The van der Waals surface area contributed by atoms with Crippen molar-refractivity contribution in [3.63, 3.8) is 0 Å². The maximum atomic E-state index is 13.0. The lowest BCUT2D eigenvalue weighted by molar-refractivity contribution is 0.1000. The highest BCUT2D eigenvalue weighted by Crippen LogP contribution is 2.37. The van der Waals surface area contributed by atoms with Crippen molar-refractivity contribution in [2.75, 3.05) is 4.31 Å². The summed E-state index contributed by atoms with van der Waals surface area (Å²) in [7, 11) is -3.80. The van der Waals surface area contributed by atoms with Crippen LogP contribution in [0.5, 0.6) is 0 Å².